The number of carbonyl (C=O) groups is 3. The Morgan fingerprint density at radius 1 is 0.322 bits per heavy atom. The van der Waals surface area contributed by atoms with Gasteiger partial charge in [0.25, 0.3) is 0 Å². The van der Waals surface area contributed by atoms with Crippen molar-refractivity contribution < 1.29 is 159 Å². The van der Waals surface area contributed by atoms with Gasteiger partial charge in [-0.1, -0.05) is 207 Å². The van der Waals surface area contributed by atoms with Crippen molar-refractivity contribution in [2.45, 2.75) is 81.6 Å². The molecule has 22 rings (SSSR count). The molecule has 0 bridgehead atoms. The molecule has 0 fully saturated rings. The van der Waals surface area contributed by atoms with Crippen molar-refractivity contribution in [2.24, 2.45) is 10.8 Å². The molecular formula is C127H105F2Ir6N8O6-7. The molecule has 0 amide bonds. The Hall–Kier alpha value is -13.7. The smallest absolute Gasteiger partial charge is 0.354 e. The van der Waals surface area contributed by atoms with Gasteiger partial charge >= 0.3 is 5.97 Å². The molecule has 22 heteroatoms. The summed E-state index contributed by atoms with van der Waals surface area (Å²) in [5, 5.41) is 39.5. The zero-order chi connectivity index (χ0) is 101. The number of halogens is 2. The van der Waals surface area contributed by atoms with E-state index in [2.05, 4.69) is 143 Å². The van der Waals surface area contributed by atoms with E-state index < -0.39 is 16.8 Å². The summed E-state index contributed by atoms with van der Waals surface area (Å²) in [4.78, 5) is 66.1. The Balaban J connectivity index is 0.000000225. The fourth-order valence-corrected chi connectivity index (χ4v) is 15.4. The second-order valence-electron chi connectivity index (χ2n) is 35.4. The average molecular weight is 3030 g/mol. The molecule has 21 aromatic rings. The predicted molar refractivity (Wildman–Crippen MR) is 574 cm³/mol. The molecule has 0 saturated carbocycles. The number of hydrogen-bond donors (Lipinski definition) is 3. The first-order chi connectivity index (χ1) is 69.1. The van der Waals surface area contributed by atoms with E-state index in [1.165, 1.54) is 98.2 Å². The molecule has 1 aliphatic rings. The maximum atomic E-state index is 14.5. The molecule has 0 spiro atoms. The number of aliphatic hydroxyl groups is 2. The Bertz CT molecular complexity index is 7190. The summed E-state index contributed by atoms with van der Waals surface area (Å²) in [5.41, 5.74) is 14.3. The Morgan fingerprint density at radius 2 is 0.638 bits per heavy atom. The standard InChI is InChI=1S/C19H14F2N.5C15H10N.C11H8N.C11H20O2.C6H5NO2.C5H8O2.6Ir/c1-10-9-13-15-11(17(10)21)7-8-22-18(15)12-5-4-6-14(20)16(12)19(13,2)3;5*1-2-7-13(8-3-1)15-14-9-5-4-6-12(14)10-11-16-15;1-2-6-10(7-3-1)11-8-4-5-9-12-11;1-10(2,3)8(12)7-9(13)11(4,5)6;8-6(9)5-3-1-2-4-7-5;1-4(6)3-5(2)7;;;;;;/h4,6-9H,1-3H3;5*1-7,9-11H;1-6,8-9H;7,12H,1-6H3;1-4H,(H,8,9);3,6H,1-2H3;;;;;;/q7*-1;;;;;;;;;. The van der Waals surface area contributed by atoms with E-state index >= 15 is 0 Å². The number of benzene rings is 13. The van der Waals surface area contributed by atoms with E-state index in [0.717, 1.165) is 78.5 Å². The van der Waals surface area contributed by atoms with Crippen molar-refractivity contribution >= 4 is 82.2 Å². The summed E-state index contributed by atoms with van der Waals surface area (Å²) in [6.45, 7) is 19.6. The molecule has 764 valence electrons. The van der Waals surface area contributed by atoms with Gasteiger partial charge in [0.05, 0.1) is 5.76 Å². The molecular weight excluding hydrogens is 2920 g/mol. The summed E-state index contributed by atoms with van der Waals surface area (Å²) in [5.74, 6) is -1.46. The van der Waals surface area contributed by atoms with E-state index in [1.807, 2.05) is 347 Å². The second-order valence-corrected chi connectivity index (χ2v) is 35.4. The van der Waals surface area contributed by atoms with Gasteiger partial charge in [0.1, 0.15) is 17.3 Å². The number of aryl methyl sites for hydroxylation is 1. The molecule has 8 aromatic heterocycles. The number of allylic oxidation sites excluding steroid dienone is 4. The summed E-state index contributed by atoms with van der Waals surface area (Å²) >= 11 is 0. The maximum Gasteiger partial charge on any atom is 0.354 e. The van der Waals surface area contributed by atoms with Crippen LogP contribution in [0.4, 0.5) is 8.78 Å². The number of aromatic carboxylic acids is 1. The van der Waals surface area contributed by atoms with E-state index in [-0.39, 0.29) is 166 Å². The Kier molecular flexibility index (Phi) is 49.2. The minimum absolute atomic E-state index is 0. The van der Waals surface area contributed by atoms with Crippen LogP contribution in [0.5, 0.6) is 0 Å². The van der Waals surface area contributed by atoms with Crippen LogP contribution in [0.3, 0.4) is 0 Å². The van der Waals surface area contributed by atoms with Crippen LogP contribution in [0.2, 0.25) is 0 Å². The number of carbonyl (C=O) groups excluding carboxylic acids is 2. The van der Waals surface area contributed by atoms with Crippen LogP contribution >= 0.6 is 0 Å². The molecule has 14 nitrogen and oxygen atoms in total. The monoisotopic (exact) mass is 3030 g/mol. The maximum absolute atomic E-state index is 14.5. The van der Waals surface area contributed by atoms with Crippen LogP contribution < -0.4 is 0 Å². The molecule has 13 aromatic carbocycles. The van der Waals surface area contributed by atoms with E-state index in [4.69, 9.17) is 10.2 Å². The Labute approximate surface area is 950 Å². The normalized spacial score (nSPS) is 11.0. The predicted octanol–water partition coefficient (Wildman–Crippen LogP) is 30.9. The quantitative estimate of drug-likeness (QED) is 0.0696. The van der Waals surface area contributed by atoms with E-state index in [1.54, 1.807) is 43.6 Å². The first-order valence-electron chi connectivity index (χ1n) is 46.3. The molecule has 0 atom stereocenters. The van der Waals surface area contributed by atoms with Crippen molar-refractivity contribution in [3.05, 3.63) is 508 Å². The number of fused-ring (bicyclic) bond motifs is 7. The largest absolute Gasteiger partial charge is 0.512 e. The van der Waals surface area contributed by atoms with Crippen molar-refractivity contribution in [3.63, 3.8) is 0 Å². The summed E-state index contributed by atoms with van der Waals surface area (Å²) < 4.78 is 29.0. The number of rotatable bonds is 9. The van der Waals surface area contributed by atoms with E-state index in [0.29, 0.717) is 27.8 Å². The van der Waals surface area contributed by atoms with Crippen molar-refractivity contribution in [3.8, 4) is 78.8 Å². The second kappa shape index (κ2) is 60.1. The van der Waals surface area contributed by atoms with Crippen LogP contribution in [-0.2, 0) is 136 Å². The van der Waals surface area contributed by atoms with Gasteiger partial charge in [0.15, 0.2) is 11.6 Å². The zero-order valence-electron chi connectivity index (χ0n) is 83.2. The minimum atomic E-state index is -0.990. The van der Waals surface area contributed by atoms with Crippen LogP contribution in [0.1, 0.15) is 96.4 Å². The first-order valence-corrected chi connectivity index (χ1v) is 46.3. The van der Waals surface area contributed by atoms with E-state index in [9.17, 15) is 28.3 Å². The zero-order valence-corrected chi connectivity index (χ0v) is 97.6. The molecule has 149 heavy (non-hydrogen) atoms. The summed E-state index contributed by atoms with van der Waals surface area (Å²) in [6, 6.07) is 138. The topological polar surface area (TPSA) is 215 Å². The number of nitrogens with zero attached hydrogens (tertiary/aromatic N) is 8. The van der Waals surface area contributed by atoms with Gasteiger partial charge in [-0.2, -0.15) is 0 Å². The Morgan fingerprint density at radius 3 is 0.919 bits per heavy atom. The van der Waals surface area contributed by atoms with Gasteiger partial charge in [-0.3, -0.25) is 9.59 Å². The van der Waals surface area contributed by atoms with Gasteiger partial charge in [-0.05, 0) is 191 Å². The van der Waals surface area contributed by atoms with Gasteiger partial charge < -0.3 is 50.2 Å². The summed E-state index contributed by atoms with van der Waals surface area (Å²) in [6.07, 6.45) is 16.5. The van der Waals surface area contributed by atoms with Gasteiger partial charge in [-0.15, -0.1) is 239 Å². The number of pyridine rings is 8. The minimum Gasteiger partial charge on any atom is -0.512 e. The number of aromatic nitrogens is 8. The number of ketones is 2. The molecule has 6 radical (unpaired) electrons. The molecule has 3 N–H and O–H groups in total. The van der Waals surface area contributed by atoms with Gasteiger partial charge in [0.2, 0.25) is 0 Å². The number of carboxylic acid groups (broad SMARTS) is 1. The van der Waals surface area contributed by atoms with Crippen molar-refractivity contribution in [1.82, 2.24) is 39.9 Å². The molecule has 0 saturated heterocycles. The third-order valence-corrected chi connectivity index (χ3v) is 22.6. The number of aliphatic hydroxyl groups excluding tert-OH is 2. The van der Waals surface area contributed by atoms with Crippen LogP contribution in [0.15, 0.2) is 431 Å². The molecule has 1 aliphatic carbocycles. The first kappa shape index (κ1) is 122. The fraction of sp³-hybridized carbons (Fsp3) is 0.110. The van der Waals surface area contributed by atoms with Gasteiger partial charge in [-0.25, -0.2) is 18.6 Å². The number of carboxylic acids is 1. The van der Waals surface area contributed by atoms with Crippen LogP contribution in [-0.4, -0.2) is 72.7 Å². The fourth-order valence-electron chi connectivity index (χ4n) is 15.4. The van der Waals surface area contributed by atoms with Gasteiger partial charge in [0, 0.05) is 204 Å². The number of hydrogen-bond acceptors (Lipinski definition) is 13. The SMILES string of the molecule is CC(=O)C=C(C)O.CC(C)(C)C(=O)C=C(O)C(C)(C)C.Cc1cc2c3c(nccc3c1F)-c1[c-]ccc(F)c1C2(C)C.O=C(O)c1ccccn1.[Ir].[Ir].[Ir].[Ir].[Ir].[Ir].[c-]1ccccc1-c1ccccn1.[c-]1ccccc1-c1nccc2ccccc12.[c-]1ccccc1-c1nccc2ccccc12.[c-]1ccccc1-c1nccc2ccccc12.[c-]1ccccc1-c1nccc2ccccc12.[c-]1ccccc1-c1nccc2ccccc12. The van der Waals surface area contributed by atoms with Crippen molar-refractivity contribution in [2.75, 3.05) is 0 Å². The molecule has 0 aliphatic heterocycles. The third-order valence-electron chi connectivity index (χ3n) is 22.6. The van der Waals surface area contributed by atoms with Crippen LogP contribution in [0.25, 0.3) is 143 Å². The molecule has 8 heterocycles. The van der Waals surface area contributed by atoms with Crippen molar-refractivity contribution in [1.29, 1.82) is 0 Å². The average Bonchev–Trinajstić information content (AvgIpc) is 0.706. The van der Waals surface area contributed by atoms with Crippen LogP contribution in [0, 0.1) is 71.9 Å². The summed E-state index contributed by atoms with van der Waals surface area (Å²) in [7, 11) is 0. The third kappa shape index (κ3) is 33.9. The molecule has 0 unspecified atom stereocenters.